The summed E-state index contributed by atoms with van der Waals surface area (Å²) in [5.74, 6) is 0.256. The van der Waals surface area contributed by atoms with E-state index >= 15 is 0 Å². The Morgan fingerprint density at radius 1 is 1.29 bits per heavy atom. The van der Waals surface area contributed by atoms with Gasteiger partial charge in [0.2, 0.25) is 9.84 Å². The molecule has 34 heavy (non-hydrogen) atoms. The van der Waals surface area contributed by atoms with Crippen LogP contribution in [-0.2, 0) is 14.6 Å². The molecular weight excluding hydrogens is 460 g/mol. The lowest BCUT2D eigenvalue weighted by Crippen LogP contribution is -2.36. The fourth-order valence-electron chi connectivity index (χ4n) is 4.48. The smallest absolute Gasteiger partial charge is 0.404 e. The van der Waals surface area contributed by atoms with Gasteiger partial charge < -0.3 is 25.6 Å². The molecule has 1 aliphatic rings. The van der Waals surface area contributed by atoms with Crippen LogP contribution in [0.3, 0.4) is 0 Å². The molecule has 1 amide bonds. The first-order valence-electron chi connectivity index (χ1n) is 10.8. The number of pyridine rings is 1. The van der Waals surface area contributed by atoms with Gasteiger partial charge in [0.25, 0.3) is 0 Å². The van der Waals surface area contributed by atoms with Crippen molar-refractivity contribution in [2.24, 2.45) is 5.73 Å². The van der Waals surface area contributed by atoms with Crippen LogP contribution in [-0.4, -0.2) is 58.4 Å². The molecule has 0 spiro atoms. The number of benzene rings is 1. The molecule has 5 rings (SSSR count). The zero-order chi connectivity index (χ0) is 24.2. The lowest BCUT2D eigenvalue weighted by atomic mass is 10.2. The number of aromatic amines is 1. The second-order valence-corrected chi connectivity index (χ2v) is 10.2. The van der Waals surface area contributed by atoms with E-state index < -0.39 is 28.1 Å². The van der Waals surface area contributed by atoms with Gasteiger partial charge in [0, 0.05) is 24.5 Å². The Bertz CT molecular complexity index is 1520. The number of aromatic nitrogens is 4. The highest BCUT2D eigenvalue weighted by atomic mass is 32.2. The van der Waals surface area contributed by atoms with Crippen molar-refractivity contribution < 1.29 is 23.1 Å². The Balaban J connectivity index is 1.78. The summed E-state index contributed by atoms with van der Waals surface area (Å²) >= 11 is 0. The molecule has 4 aromatic rings. The number of aryl methyl sites for hydroxylation is 1. The number of H-pyrrole nitrogens is 1. The van der Waals surface area contributed by atoms with Crippen molar-refractivity contribution in [3.05, 3.63) is 47.9 Å². The van der Waals surface area contributed by atoms with Crippen LogP contribution >= 0.6 is 0 Å². The number of nitrogens with one attached hydrogen (secondary N) is 1. The van der Waals surface area contributed by atoms with E-state index in [9.17, 15) is 18.3 Å². The number of imidazole rings is 1. The third kappa shape index (κ3) is 3.46. The molecule has 178 valence electrons. The van der Waals surface area contributed by atoms with E-state index in [4.69, 9.17) is 10.5 Å². The Labute approximate surface area is 195 Å². The number of nitrogens with two attached hydrogens (primary N) is 1. The van der Waals surface area contributed by atoms with Gasteiger partial charge in [-0.3, -0.25) is 0 Å². The molecule has 4 heterocycles. The number of primary amides is 1. The Kier molecular flexibility index (Phi) is 5.21. The van der Waals surface area contributed by atoms with E-state index in [2.05, 4.69) is 15.0 Å². The van der Waals surface area contributed by atoms with Crippen molar-refractivity contribution >= 4 is 38.0 Å². The maximum Gasteiger partial charge on any atom is 0.404 e. The van der Waals surface area contributed by atoms with Gasteiger partial charge in [-0.1, -0.05) is 18.2 Å². The van der Waals surface area contributed by atoms with Gasteiger partial charge in [-0.05, 0) is 31.5 Å². The number of ether oxygens (including phenoxy) is 1. The molecule has 0 radical (unpaired) electrons. The SMILES string of the molecule is Cc1ccccc1S(=O)(=O)c1nc2[nH]ccc2c2c1nc([C@@H](C)O)n2N1CC[C@@H](OC(N)=O)C1. The molecule has 1 saturated heterocycles. The summed E-state index contributed by atoms with van der Waals surface area (Å²) in [7, 11) is -4.04. The Morgan fingerprint density at radius 2 is 2.06 bits per heavy atom. The quantitative estimate of drug-likeness (QED) is 0.388. The zero-order valence-corrected chi connectivity index (χ0v) is 19.4. The number of rotatable bonds is 5. The van der Waals surface area contributed by atoms with Crippen molar-refractivity contribution in [1.29, 1.82) is 0 Å². The lowest BCUT2D eigenvalue weighted by molar-refractivity contribution is 0.116. The van der Waals surface area contributed by atoms with Gasteiger partial charge in [-0.25, -0.2) is 27.9 Å². The fraction of sp³-hybridized carbons (Fsp3) is 0.318. The van der Waals surface area contributed by atoms with Gasteiger partial charge in [-0.15, -0.1) is 0 Å². The molecule has 0 saturated carbocycles. The molecule has 4 N–H and O–H groups in total. The predicted molar refractivity (Wildman–Crippen MR) is 124 cm³/mol. The van der Waals surface area contributed by atoms with Crippen molar-refractivity contribution in [3.63, 3.8) is 0 Å². The first kappa shape index (κ1) is 22.2. The van der Waals surface area contributed by atoms with Crippen LogP contribution in [0.5, 0.6) is 0 Å². The van der Waals surface area contributed by atoms with Crippen LogP contribution in [0.15, 0.2) is 46.5 Å². The molecule has 0 bridgehead atoms. The first-order chi connectivity index (χ1) is 16.2. The number of carbonyl (C=O) groups is 1. The highest BCUT2D eigenvalue weighted by molar-refractivity contribution is 7.91. The van der Waals surface area contributed by atoms with Gasteiger partial charge in [0.05, 0.1) is 11.4 Å². The minimum Gasteiger partial charge on any atom is -0.444 e. The number of sulfone groups is 1. The van der Waals surface area contributed by atoms with Crippen LogP contribution in [0.1, 0.15) is 30.8 Å². The second-order valence-electron chi connectivity index (χ2n) is 8.34. The third-order valence-corrected chi connectivity index (χ3v) is 7.81. The van der Waals surface area contributed by atoms with E-state index in [0.29, 0.717) is 41.6 Å². The minimum absolute atomic E-state index is 0.138. The van der Waals surface area contributed by atoms with Gasteiger partial charge >= 0.3 is 6.09 Å². The molecule has 3 aromatic heterocycles. The van der Waals surface area contributed by atoms with Gasteiger partial charge in [-0.2, -0.15) is 0 Å². The number of amides is 1. The second kappa shape index (κ2) is 7.99. The Hall–Kier alpha value is -3.64. The standard InChI is InChI=1S/C22H24N6O5S/c1-12-5-3-4-6-16(12)34(31,32)21-17-18(15-7-9-24-19(15)26-21)28(20(25-17)13(2)29)27-10-8-14(11-27)33-22(23)30/h3-7,9,13-14,29H,8,10-11H2,1-2H3,(H2,23,30)(H,24,26)/t13-,14-/m1/s1. The summed E-state index contributed by atoms with van der Waals surface area (Å²) in [6.45, 7) is 4.07. The summed E-state index contributed by atoms with van der Waals surface area (Å²) < 4.78 is 34.4. The summed E-state index contributed by atoms with van der Waals surface area (Å²) in [5.41, 5.74) is 6.80. The maximum absolute atomic E-state index is 13.7. The fourth-order valence-corrected chi connectivity index (χ4v) is 6.04. The van der Waals surface area contributed by atoms with Crippen LogP contribution in [0.4, 0.5) is 4.79 Å². The predicted octanol–water partition coefficient (Wildman–Crippen LogP) is 1.91. The van der Waals surface area contributed by atoms with E-state index in [1.165, 1.54) is 6.07 Å². The van der Waals surface area contributed by atoms with E-state index in [-0.39, 0.29) is 21.3 Å². The largest absolute Gasteiger partial charge is 0.444 e. The van der Waals surface area contributed by atoms with Gasteiger partial charge in [0.15, 0.2) is 10.9 Å². The highest BCUT2D eigenvalue weighted by Gasteiger charge is 2.34. The number of aliphatic hydroxyl groups excluding tert-OH is 1. The number of aliphatic hydroxyl groups is 1. The maximum atomic E-state index is 13.7. The first-order valence-corrected chi connectivity index (χ1v) is 12.3. The summed E-state index contributed by atoms with van der Waals surface area (Å²) in [6.07, 6.45) is -0.106. The number of fused-ring (bicyclic) bond motifs is 3. The molecule has 0 aliphatic carbocycles. The summed E-state index contributed by atoms with van der Waals surface area (Å²) in [5, 5.41) is 12.9. The molecule has 11 nitrogen and oxygen atoms in total. The number of carbonyl (C=O) groups excluding carboxylic acids is 1. The lowest BCUT2D eigenvalue weighted by Gasteiger charge is -2.24. The molecule has 1 aromatic carbocycles. The highest BCUT2D eigenvalue weighted by Crippen LogP contribution is 2.35. The third-order valence-electron chi connectivity index (χ3n) is 5.98. The summed E-state index contributed by atoms with van der Waals surface area (Å²) in [4.78, 5) is 23.4. The van der Waals surface area contributed by atoms with Crippen LogP contribution < -0.4 is 10.7 Å². The average molecular weight is 485 g/mol. The van der Waals surface area contributed by atoms with Crippen LogP contribution in [0.25, 0.3) is 22.1 Å². The molecule has 0 unspecified atom stereocenters. The molecular formula is C22H24N6O5S. The molecule has 12 heteroatoms. The van der Waals surface area contributed by atoms with Crippen molar-refractivity contribution in [2.45, 2.75) is 42.4 Å². The molecule has 1 fully saturated rings. The topological polar surface area (TPSA) is 156 Å². The number of hydrogen-bond donors (Lipinski definition) is 3. The van der Waals surface area contributed by atoms with E-state index in [1.807, 2.05) is 5.01 Å². The van der Waals surface area contributed by atoms with Crippen molar-refractivity contribution in [2.75, 3.05) is 18.1 Å². The van der Waals surface area contributed by atoms with Gasteiger partial charge in [0.1, 0.15) is 28.9 Å². The average Bonchev–Trinajstić information content (AvgIpc) is 3.50. The van der Waals surface area contributed by atoms with Crippen molar-refractivity contribution in [3.8, 4) is 0 Å². The normalized spacial score (nSPS) is 17.5. The monoisotopic (exact) mass is 484 g/mol. The van der Waals surface area contributed by atoms with E-state index in [0.717, 1.165) is 0 Å². The number of hydrogen-bond acceptors (Lipinski definition) is 8. The summed E-state index contributed by atoms with van der Waals surface area (Å²) in [6, 6.07) is 8.47. The molecule has 2 atom stereocenters. The number of nitrogens with zero attached hydrogens (tertiary/aromatic N) is 4. The Morgan fingerprint density at radius 3 is 2.76 bits per heavy atom. The van der Waals surface area contributed by atoms with Crippen LogP contribution in [0.2, 0.25) is 0 Å². The van der Waals surface area contributed by atoms with Crippen molar-refractivity contribution in [1.82, 2.24) is 19.6 Å². The molecule has 1 aliphatic heterocycles. The van der Waals surface area contributed by atoms with Crippen LogP contribution in [0, 0.1) is 6.92 Å². The minimum atomic E-state index is -4.04. The van der Waals surface area contributed by atoms with E-state index in [1.54, 1.807) is 49.0 Å². The zero-order valence-electron chi connectivity index (χ0n) is 18.6.